The second kappa shape index (κ2) is 7.16. The van der Waals surface area contributed by atoms with Crippen molar-refractivity contribution in [1.29, 1.82) is 0 Å². The Morgan fingerprint density at radius 3 is 3.11 bits per heavy atom. The van der Waals surface area contributed by atoms with Crippen molar-refractivity contribution in [2.24, 2.45) is 0 Å². The van der Waals surface area contributed by atoms with Crippen molar-refractivity contribution in [2.75, 3.05) is 19.7 Å². The molecular formula is C21H21N3O3S. The van der Waals surface area contributed by atoms with E-state index in [1.807, 2.05) is 23.0 Å². The molecule has 0 saturated carbocycles. The molecule has 3 aromatic rings. The van der Waals surface area contributed by atoms with Crippen molar-refractivity contribution in [3.63, 3.8) is 0 Å². The minimum atomic E-state index is -0.224. The summed E-state index contributed by atoms with van der Waals surface area (Å²) in [6.45, 7) is 5.67. The summed E-state index contributed by atoms with van der Waals surface area (Å²) >= 11 is 1.67. The van der Waals surface area contributed by atoms with Gasteiger partial charge in [-0.1, -0.05) is 6.07 Å². The van der Waals surface area contributed by atoms with Gasteiger partial charge in [0.2, 0.25) is 0 Å². The van der Waals surface area contributed by atoms with E-state index in [4.69, 9.17) is 9.47 Å². The van der Waals surface area contributed by atoms with E-state index in [0.717, 1.165) is 42.0 Å². The van der Waals surface area contributed by atoms with E-state index in [-0.39, 0.29) is 12.1 Å². The molecule has 0 aliphatic carbocycles. The van der Waals surface area contributed by atoms with Gasteiger partial charge in [0.15, 0.2) is 0 Å². The van der Waals surface area contributed by atoms with E-state index >= 15 is 0 Å². The van der Waals surface area contributed by atoms with Crippen LogP contribution in [0.4, 0.5) is 0 Å². The largest absolute Gasteiger partial charge is 0.457 e. The Bertz CT molecular complexity index is 1010. The van der Waals surface area contributed by atoms with Gasteiger partial charge >= 0.3 is 5.97 Å². The van der Waals surface area contributed by atoms with Gasteiger partial charge in [-0.25, -0.2) is 9.48 Å². The van der Waals surface area contributed by atoms with Crippen LogP contribution in [0.2, 0.25) is 0 Å². The summed E-state index contributed by atoms with van der Waals surface area (Å²) < 4.78 is 13.2. The lowest BCUT2D eigenvalue weighted by Gasteiger charge is -2.33. The highest BCUT2D eigenvalue weighted by molar-refractivity contribution is 7.08. The number of nitrogens with zero attached hydrogens (tertiary/aromatic N) is 3. The third-order valence-electron chi connectivity index (χ3n) is 5.52. The number of thiophene rings is 1. The molecule has 5 rings (SSSR count). The van der Waals surface area contributed by atoms with Crippen molar-refractivity contribution in [3.8, 4) is 5.69 Å². The first kappa shape index (κ1) is 17.6. The maximum atomic E-state index is 11.8. The highest BCUT2D eigenvalue weighted by atomic mass is 32.1. The summed E-state index contributed by atoms with van der Waals surface area (Å²) in [6.07, 6.45) is 4.03. The minimum absolute atomic E-state index is 0.00155. The normalized spacial score (nSPS) is 19.6. The minimum Gasteiger partial charge on any atom is -0.457 e. The van der Waals surface area contributed by atoms with Gasteiger partial charge in [0.05, 0.1) is 30.2 Å². The summed E-state index contributed by atoms with van der Waals surface area (Å²) in [5.74, 6) is -0.224. The van der Waals surface area contributed by atoms with Gasteiger partial charge < -0.3 is 9.47 Å². The zero-order valence-corrected chi connectivity index (χ0v) is 16.4. The number of fused-ring (bicyclic) bond motifs is 1. The van der Waals surface area contributed by atoms with Crippen LogP contribution in [-0.2, 0) is 22.6 Å². The molecule has 1 saturated heterocycles. The Hall–Kier alpha value is -2.48. The fourth-order valence-electron chi connectivity index (χ4n) is 3.98. The molecule has 0 spiro atoms. The fourth-order valence-corrected chi connectivity index (χ4v) is 4.60. The molecule has 4 heterocycles. The molecule has 144 valence electrons. The number of rotatable bonds is 4. The summed E-state index contributed by atoms with van der Waals surface area (Å²) in [4.78, 5) is 14.2. The van der Waals surface area contributed by atoms with Gasteiger partial charge in [0, 0.05) is 42.3 Å². The number of hydrogen-bond donors (Lipinski definition) is 0. The standard InChI is InChI=1S/C21H21N3O3S/c1-14-17(2-3-18-19(14)12-27-21(18)25)20-11-23(5-6-26-20)9-15-8-22-24(10-15)16-4-7-28-13-16/h2-4,7-8,10,13,20H,5-6,9,11-12H2,1H3. The van der Waals surface area contributed by atoms with E-state index in [1.54, 1.807) is 11.3 Å². The third kappa shape index (κ3) is 3.15. The maximum absolute atomic E-state index is 11.8. The molecular weight excluding hydrogens is 374 g/mol. The monoisotopic (exact) mass is 395 g/mol. The van der Waals surface area contributed by atoms with Crippen LogP contribution in [-0.4, -0.2) is 40.3 Å². The van der Waals surface area contributed by atoms with E-state index in [1.165, 1.54) is 5.56 Å². The molecule has 2 aromatic heterocycles. The summed E-state index contributed by atoms with van der Waals surface area (Å²) in [5, 5.41) is 8.63. The molecule has 0 amide bonds. The number of carbonyl (C=O) groups excluding carboxylic acids is 1. The molecule has 2 aliphatic rings. The first-order valence-electron chi connectivity index (χ1n) is 9.38. The van der Waals surface area contributed by atoms with Crippen molar-refractivity contribution < 1.29 is 14.3 Å². The van der Waals surface area contributed by atoms with Gasteiger partial charge in [-0.05, 0) is 35.6 Å². The summed E-state index contributed by atoms with van der Waals surface area (Å²) in [5.41, 5.74) is 6.24. The van der Waals surface area contributed by atoms with Gasteiger partial charge in [0.1, 0.15) is 6.61 Å². The van der Waals surface area contributed by atoms with Crippen LogP contribution >= 0.6 is 11.3 Å². The van der Waals surface area contributed by atoms with Crippen LogP contribution in [0.15, 0.2) is 41.4 Å². The molecule has 0 N–H and O–H groups in total. The first-order valence-corrected chi connectivity index (χ1v) is 10.3. The Morgan fingerprint density at radius 1 is 1.32 bits per heavy atom. The van der Waals surface area contributed by atoms with E-state index in [9.17, 15) is 4.79 Å². The third-order valence-corrected chi connectivity index (χ3v) is 6.19. The number of aromatic nitrogens is 2. The van der Waals surface area contributed by atoms with Crippen LogP contribution in [0.3, 0.4) is 0 Å². The number of ether oxygens (including phenoxy) is 2. The predicted molar refractivity (Wildman–Crippen MR) is 106 cm³/mol. The second-order valence-electron chi connectivity index (χ2n) is 7.25. The first-order chi connectivity index (χ1) is 13.7. The lowest BCUT2D eigenvalue weighted by molar-refractivity contribution is -0.0332. The molecule has 1 fully saturated rings. The number of benzene rings is 1. The molecule has 1 atom stereocenters. The molecule has 6 nitrogen and oxygen atoms in total. The average molecular weight is 395 g/mol. The molecule has 0 radical (unpaired) electrons. The summed E-state index contributed by atoms with van der Waals surface area (Å²) in [6, 6.07) is 5.96. The average Bonchev–Trinajstić information content (AvgIpc) is 3.44. The van der Waals surface area contributed by atoms with Crippen molar-refractivity contribution in [2.45, 2.75) is 26.2 Å². The second-order valence-corrected chi connectivity index (χ2v) is 8.03. The number of morpholine rings is 1. The van der Waals surface area contributed by atoms with Crippen molar-refractivity contribution in [1.82, 2.24) is 14.7 Å². The molecule has 7 heteroatoms. The Kier molecular flexibility index (Phi) is 4.50. The molecule has 28 heavy (non-hydrogen) atoms. The number of hydrogen-bond acceptors (Lipinski definition) is 6. The van der Waals surface area contributed by atoms with Crippen LogP contribution in [0.25, 0.3) is 5.69 Å². The smallest absolute Gasteiger partial charge is 0.338 e. The van der Waals surface area contributed by atoms with Crippen LogP contribution in [0.1, 0.15) is 38.7 Å². The van der Waals surface area contributed by atoms with E-state index < -0.39 is 0 Å². The number of esters is 1. The molecule has 1 unspecified atom stereocenters. The lowest BCUT2D eigenvalue weighted by atomic mass is 9.94. The van der Waals surface area contributed by atoms with E-state index in [0.29, 0.717) is 18.8 Å². The van der Waals surface area contributed by atoms with Gasteiger partial charge in [-0.2, -0.15) is 16.4 Å². The Balaban J connectivity index is 1.31. The number of cyclic esters (lactones) is 1. The van der Waals surface area contributed by atoms with Crippen LogP contribution in [0, 0.1) is 6.92 Å². The van der Waals surface area contributed by atoms with Gasteiger partial charge in [-0.3, -0.25) is 4.90 Å². The predicted octanol–water partition coefficient (Wildman–Crippen LogP) is 3.49. The fraction of sp³-hybridized carbons (Fsp3) is 0.333. The Morgan fingerprint density at radius 2 is 2.25 bits per heavy atom. The Labute approximate surface area is 167 Å². The van der Waals surface area contributed by atoms with Crippen molar-refractivity contribution in [3.05, 3.63) is 69.2 Å². The lowest BCUT2D eigenvalue weighted by Crippen LogP contribution is -2.38. The molecule has 0 bridgehead atoms. The van der Waals surface area contributed by atoms with Crippen LogP contribution < -0.4 is 0 Å². The highest BCUT2D eigenvalue weighted by Gasteiger charge is 2.29. The quantitative estimate of drug-likeness (QED) is 0.633. The molecule has 1 aromatic carbocycles. The van der Waals surface area contributed by atoms with Crippen LogP contribution in [0.5, 0.6) is 0 Å². The highest BCUT2D eigenvalue weighted by Crippen LogP contribution is 2.32. The van der Waals surface area contributed by atoms with Crippen molar-refractivity contribution >= 4 is 17.3 Å². The maximum Gasteiger partial charge on any atom is 0.338 e. The van der Waals surface area contributed by atoms with E-state index in [2.05, 4.69) is 39.9 Å². The van der Waals surface area contributed by atoms with Gasteiger partial charge in [-0.15, -0.1) is 0 Å². The topological polar surface area (TPSA) is 56.6 Å². The zero-order valence-electron chi connectivity index (χ0n) is 15.6. The SMILES string of the molecule is Cc1c(C2CN(Cc3cnn(-c4ccsc4)c3)CCO2)ccc2c1COC2=O. The summed E-state index contributed by atoms with van der Waals surface area (Å²) in [7, 11) is 0. The molecule has 2 aliphatic heterocycles. The zero-order chi connectivity index (χ0) is 19.1. The van der Waals surface area contributed by atoms with Gasteiger partial charge in [0.25, 0.3) is 0 Å². The number of carbonyl (C=O) groups is 1.